The highest BCUT2D eigenvalue weighted by molar-refractivity contribution is 7.22. The van der Waals surface area contributed by atoms with Crippen molar-refractivity contribution in [3.8, 4) is 0 Å². The third kappa shape index (κ3) is 3.23. The molecule has 124 valence electrons. The molecule has 0 unspecified atom stereocenters. The maximum absolute atomic E-state index is 12.5. The first-order valence-corrected chi connectivity index (χ1v) is 7.79. The first kappa shape index (κ1) is 16.4. The molecule has 3 aromatic rings. The summed E-state index contributed by atoms with van der Waals surface area (Å²) in [5, 5.41) is 2.96. The number of pyridine rings is 1. The van der Waals surface area contributed by atoms with Crippen molar-refractivity contribution in [1.29, 1.82) is 0 Å². The summed E-state index contributed by atoms with van der Waals surface area (Å²) in [5.41, 5.74) is 1.70. The Labute approximate surface area is 139 Å². The number of amides is 1. The molecule has 1 aromatic carbocycles. The second-order valence-electron chi connectivity index (χ2n) is 5.28. The van der Waals surface area contributed by atoms with Crippen molar-refractivity contribution in [2.75, 3.05) is 5.32 Å². The molecule has 0 aliphatic carbocycles. The van der Waals surface area contributed by atoms with Crippen molar-refractivity contribution in [2.45, 2.75) is 20.0 Å². The maximum Gasteiger partial charge on any atom is 0.416 e. The van der Waals surface area contributed by atoms with Gasteiger partial charge in [0.25, 0.3) is 5.91 Å². The maximum atomic E-state index is 12.5. The lowest BCUT2D eigenvalue weighted by Gasteiger charge is -2.07. The van der Waals surface area contributed by atoms with Gasteiger partial charge in [-0.25, -0.2) is 4.98 Å². The number of thiazole rings is 1. The molecule has 0 aliphatic heterocycles. The molecular formula is C16H12F3N3OS. The van der Waals surface area contributed by atoms with Crippen LogP contribution in [-0.4, -0.2) is 15.9 Å². The van der Waals surface area contributed by atoms with Crippen LogP contribution in [0.4, 0.5) is 18.3 Å². The van der Waals surface area contributed by atoms with Crippen LogP contribution < -0.4 is 5.32 Å². The molecule has 8 heteroatoms. The van der Waals surface area contributed by atoms with Gasteiger partial charge in [0.1, 0.15) is 0 Å². The van der Waals surface area contributed by atoms with Crippen LogP contribution in [0.1, 0.15) is 27.2 Å². The Hall–Kier alpha value is -2.48. The average molecular weight is 351 g/mol. The number of halogens is 3. The summed E-state index contributed by atoms with van der Waals surface area (Å²) >= 11 is 1.28. The normalized spacial score (nSPS) is 11.7. The molecule has 1 amide bonds. The van der Waals surface area contributed by atoms with Crippen molar-refractivity contribution < 1.29 is 18.0 Å². The van der Waals surface area contributed by atoms with Crippen molar-refractivity contribution in [1.82, 2.24) is 9.97 Å². The van der Waals surface area contributed by atoms with E-state index in [1.54, 1.807) is 0 Å². The van der Waals surface area contributed by atoms with Crippen LogP contribution in [0.2, 0.25) is 0 Å². The highest BCUT2D eigenvalue weighted by Gasteiger charge is 2.30. The number of carbonyl (C=O) groups excluding carboxylic acids is 1. The van der Waals surface area contributed by atoms with Gasteiger partial charge in [-0.15, -0.1) is 0 Å². The van der Waals surface area contributed by atoms with Gasteiger partial charge < -0.3 is 0 Å². The molecule has 2 heterocycles. The van der Waals surface area contributed by atoms with E-state index in [9.17, 15) is 18.0 Å². The lowest BCUT2D eigenvalue weighted by Crippen LogP contribution is -2.12. The topological polar surface area (TPSA) is 54.9 Å². The molecule has 0 spiro atoms. The van der Waals surface area contributed by atoms with Crippen LogP contribution in [0, 0.1) is 13.8 Å². The second kappa shape index (κ2) is 5.86. The number of fused-ring (bicyclic) bond motifs is 1. The molecule has 4 nitrogen and oxygen atoms in total. The zero-order valence-corrected chi connectivity index (χ0v) is 13.5. The third-order valence-corrected chi connectivity index (χ3v) is 4.47. The van der Waals surface area contributed by atoms with E-state index in [2.05, 4.69) is 15.3 Å². The van der Waals surface area contributed by atoms with Crippen LogP contribution >= 0.6 is 11.3 Å². The van der Waals surface area contributed by atoms with E-state index in [1.807, 2.05) is 19.9 Å². The number of carbonyl (C=O) groups is 1. The Kier molecular flexibility index (Phi) is 4.00. The first-order chi connectivity index (χ1) is 11.2. The van der Waals surface area contributed by atoms with E-state index in [0.29, 0.717) is 10.8 Å². The SMILES string of the molecule is Cc1cc(C)c2sc(NC(=O)c3ccc(C(F)(F)F)cc3)nc2n1. The number of benzene rings is 1. The molecule has 0 fully saturated rings. The van der Waals surface area contributed by atoms with Crippen molar-refractivity contribution in [2.24, 2.45) is 0 Å². The number of aromatic nitrogens is 2. The van der Waals surface area contributed by atoms with Gasteiger partial charge in [-0.3, -0.25) is 10.1 Å². The molecular weight excluding hydrogens is 339 g/mol. The fourth-order valence-corrected chi connectivity index (χ4v) is 3.13. The van der Waals surface area contributed by atoms with Gasteiger partial charge in [0.2, 0.25) is 0 Å². The number of aryl methyl sites for hydroxylation is 2. The van der Waals surface area contributed by atoms with E-state index in [0.717, 1.165) is 40.2 Å². The van der Waals surface area contributed by atoms with E-state index >= 15 is 0 Å². The molecule has 1 N–H and O–H groups in total. The van der Waals surface area contributed by atoms with Crippen LogP contribution in [-0.2, 0) is 6.18 Å². The molecule has 0 saturated carbocycles. The fraction of sp³-hybridized carbons (Fsp3) is 0.188. The average Bonchev–Trinajstić information content (AvgIpc) is 2.89. The number of hydrogen-bond acceptors (Lipinski definition) is 4. The lowest BCUT2D eigenvalue weighted by molar-refractivity contribution is -0.137. The molecule has 0 aliphatic rings. The Morgan fingerprint density at radius 3 is 2.42 bits per heavy atom. The third-order valence-electron chi connectivity index (χ3n) is 3.37. The van der Waals surface area contributed by atoms with Gasteiger partial charge in [-0.05, 0) is 49.7 Å². The van der Waals surface area contributed by atoms with Crippen molar-refractivity contribution >= 4 is 32.7 Å². The van der Waals surface area contributed by atoms with E-state index < -0.39 is 17.6 Å². The number of alkyl halides is 3. The summed E-state index contributed by atoms with van der Waals surface area (Å²) in [6.45, 7) is 3.78. The molecule has 0 radical (unpaired) electrons. The quantitative estimate of drug-likeness (QED) is 0.735. The second-order valence-corrected chi connectivity index (χ2v) is 6.28. The molecule has 3 rings (SSSR count). The zero-order valence-electron chi connectivity index (χ0n) is 12.7. The summed E-state index contributed by atoms with van der Waals surface area (Å²) in [7, 11) is 0. The summed E-state index contributed by atoms with van der Waals surface area (Å²) in [6.07, 6.45) is -4.43. The lowest BCUT2D eigenvalue weighted by atomic mass is 10.1. The van der Waals surface area contributed by atoms with Crippen molar-refractivity contribution in [3.63, 3.8) is 0 Å². The predicted molar refractivity (Wildman–Crippen MR) is 86.3 cm³/mol. The highest BCUT2D eigenvalue weighted by atomic mass is 32.1. The fourth-order valence-electron chi connectivity index (χ4n) is 2.26. The monoisotopic (exact) mass is 351 g/mol. The zero-order chi connectivity index (χ0) is 17.5. The van der Waals surface area contributed by atoms with Gasteiger partial charge in [0, 0.05) is 11.3 Å². The number of rotatable bonds is 2. The largest absolute Gasteiger partial charge is 0.416 e. The van der Waals surface area contributed by atoms with Gasteiger partial charge in [0.05, 0.1) is 10.3 Å². The van der Waals surface area contributed by atoms with Gasteiger partial charge in [0.15, 0.2) is 10.8 Å². The van der Waals surface area contributed by atoms with Gasteiger partial charge in [-0.1, -0.05) is 11.3 Å². The summed E-state index contributed by atoms with van der Waals surface area (Å²) in [5.74, 6) is -0.517. The minimum atomic E-state index is -4.43. The van der Waals surface area contributed by atoms with Crippen LogP contribution in [0.15, 0.2) is 30.3 Å². The number of nitrogens with one attached hydrogen (secondary N) is 1. The van der Waals surface area contributed by atoms with Gasteiger partial charge in [-0.2, -0.15) is 18.2 Å². The first-order valence-electron chi connectivity index (χ1n) is 6.97. The van der Waals surface area contributed by atoms with Crippen LogP contribution in [0.3, 0.4) is 0 Å². The predicted octanol–water partition coefficient (Wildman–Crippen LogP) is 4.58. The number of hydrogen-bond donors (Lipinski definition) is 1. The Balaban J connectivity index is 1.83. The smallest absolute Gasteiger partial charge is 0.298 e. The minimum absolute atomic E-state index is 0.128. The highest BCUT2D eigenvalue weighted by Crippen LogP contribution is 2.30. The van der Waals surface area contributed by atoms with E-state index in [4.69, 9.17) is 0 Å². The van der Waals surface area contributed by atoms with Crippen LogP contribution in [0.5, 0.6) is 0 Å². The Bertz CT molecular complexity index is 917. The van der Waals surface area contributed by atoms with Crippen molar-refractivity contribution in [3.05, 3.63) is 52.7 Å². The Morgan fingerprint density at radius 2 is 1.79 bits per heavy atom. The summed E-state index contributed by atoms with van der Waals surface area (Å²) in [4.78, 5) is 20.7. The van der Waals surface area contributed by atoms with Gasteiger partial charge >= 0.3 is 6.18 Å². The van der Waals surface area contributed by atoms with E-state index in [-0.39, 0.29) is 5.56 Å². The minimum Gasteiger partial charge on any atom is -0.298 e. The molecule has 0 atom stereocenters. The Morgan fingerprint density at radius 1 is 1.12 bits per heavy atom. The number of anilines is 1. The molecule has 0 saturated heterocycles. The van der Waals surface area contributed by atoms with E-state index in [1.165, 1.54) is 11.3 Å². The molecule has 24 heavy (non-hydrogen) atoms. The molecule has 0 bridgehead atoms. The summed E-state index contributed by atoms with van der Waals surface area (Å²) in [6, 6.07) is 5.95. The van der Waals surface area contributed by atoms with Crippen LogP contribution in [0.25, 0.3) is 10.3 Å². The molecule has 2 aromatic heterocycles. The number of nitrogens with zero attached hydrogens (tertiary/aromatic N) is 2. The summed E-state index contributed by atoms with van der Waals surface area (Å²) < 4.78 is 38.5. The standard InChI is InChI=1S/C16H12F3N3OS/c1-8-7-9(2)20-13-12(8)24-15(21-13)22-14(23)10-3-5-11(6-4-10)16(17,18)19/h3-7H,1-2H3,(H,20,21,22,23).